The van der Waals surface area contributed by atoms with Crippen molar-refractivity contribution in [1.82, 2.24) is 4.90 Å². The van der Waals surface area contributed by atoms with Crippen LogP contribution in [0.5, 0.6) is 0 Å². The summed E-state index contributed by atoms with van der Waals surface area (Å²) < 4.78 is 0. The molecule has 1 aromatic rings. The number of rotatable bonds is 0. The third-order valence-corrected chi connectivity index (χ3v) is 3.24. The van der Waals surface area contributed by atoms with Crippen LogP contribution in [0.1, 0.15) is 16.1 Å². The van der Waals surface area contributed by atoms with Crippen molar-refractivity contribution in [2.45, 2.75) is 4.95 Å². The Kier molecular flexibility index (Phi) is 1.93. The van der Waals surface area contributed by atoms with Gasteiger partial charge in [-0.05, 0) is 17.2 Å². The smallest absolute Gasteiger partial charge is 0.110 e. The van der Waals surface area contributed by atoms with Gasteiger partial charge in [-0.25, -0.2) is 0 Å². The van der Waals surface area contributed by atoms with Gasteiger partial charge in [-0.1, -0.05) is 40.2 Å². The van der Waals surface area contributed by atoms with Gasteiger partial charge >= 0.3 is 0 Å². The van der Waals surface area contributed by atoms with Gasteiger partial charge in [0.1, 0.15) is 4.95 Å². The fourth-order valence-corrected chi connectivity index (χ4v) is 1.93. The molecule has 0 saturated carbocycles. The zero-order chi connectivity index (χ0) is 8.55. The van der Waals surface area contributed by atoms with E-state index in [1.165, 1.54) is 11.1 Å². The van der Waals surface area contributed by atoms with E-state index in [1.54, 1.807) is 0 Å². The molecule has 0 saturated heterocycles. The molecule has 0 aromatic heterocycles. The lowest BCUT2D eigenvalue weighted by Crippen LogP contribution is -2.17. The van der Waals surface area contributed by atoms with E-state index in [0.29, 0.717) is 4.95 Å². The number of hydrogen-bond donors (Lipinski definition) is 0. The topological polar surface area (TPSA) is 3.24 Å². The van der Waals surface area contributed by atoms with E-state index >= 15 is 0 Å². The lowest BCUT2D eigenvalue weighted by molar-refractivity contribution is 0.443. The Labute approximate surface area is 80.8 Å². The second kappa shape index (κ2) is 2.94. The fraction of sp³-hybridized carbons (Fsp3) is 0.200. The maximum atomic E-state index is 3.63. The van der Waals surface area contributed by atoms with Crippen LogP contribution < -0.4 is 0 Å². The number of alkyl halides is 1. The molecule has 0 N–H and O–H groups in total. The van der Waals surface area contributed by atoms with Crippen LogP contribution in [0.2, 0.25) is 0 Å². The minimum atomic E-state index is 0.318. The summed E-state index contributed by atoms with van der Waals surface area (Å²) in [7, 11) is 2.06. The summed E-state index contributed by atoms with van der Waals surface area (Å²) in [6.45, 7) is 0. The first-order valence-corrected chi connectivity index (χ1v) is 4.84. The Hall–Kier alpha value is -0.760. The molecule has 0 radical (unpaired) electrons. The second-order valence-electron chi connectivity index (χ2n) is 2.95. The summed E-state index contributed by atoms with van der Waals surface area (Å²) in [5, 5.41) is 0. The first-order valence-electron chi connectivity index (χ1n) is 3.92. The fourth-order valence-electron chi connectivity index (χ4n) is 1.37. The predicted octanol–water partition coefficient (Wildman–Crippen LogP) is 3.00. The summed E-state index contributed by atoms with van der Waals surface area (Å²) in [5.74, 6) is 0. The van der Waals surface area contributed by atoms with Crippen LogP contribution >= 0.6 is 15.9 Å². The van der Waals surface area contributed by atoms with E-state index in [9.17, 15) is 0 Å². The third-order valence-electron chi connectivity index (χ3n) is 2.10. The van der Waals surface area contributed by atoms with Crippen molar-refractivity contribution in [2.75, 3.05) is 7.05 Å². The third kappa shape index (κ3) is 1.16. The van der Waals surface area contributed by atoms with Crippen LogP contribution in [0.25, 0.3) is 6.08 Å². The van der Waals surface area contributed by atoms with Crippen molar-refractivity contribution in [3.63, 3.8) is 0 Å². The molecule has 12 heavy (non-hydrogen) atoms. The highest BCUT2D eigenvalue weighted by molar-refractivity contribution is 9.09. The molecule has 0 spiro atoms. The van der Waals surface area contributed by atoms with Gasteiger partial charge in [0.2, 0.25) is 0 Å². The molecule has 1 unspecified atom stereocenters. The molecule has 1 atom stereocenters. The van der Waals surface area contributed by atoms with Gasteiger partial charge in [-0.3, -0.25) is 0 Å². The first kappa shape index (κ1) is 7.87. The van der Waals surface area contributed by atoms with Crippen LogP contribution in [0, 0.1) is 0 Å². The number of halogens is 1. The molecule has 2 heteroatoms. The summed E-state index contributed by atoms with van der Waals surface area (Å²) >= 11 is 3.63. The average Bonchev–Trinajstić information content (AvgIpc) is 2.12. The van der Waals surface area contributed by atoms with Crippen molar-refractivity contribution in [1.29, 1.82) is 0 Å². The molecule has 1 heterocycles. The summed E-state index contributed by atoms with van der Waals surface area (Å²) in [6, 6.07) is 8.41. The predicted molar refractivity (Wildman–Crippen MR) is 54.9 cm³/mol. The van der Waals surface area contributed by atoms with E-state index in [0.717, 1.165) is 0 Å². The zero-order valence-electron chi connectivity index (χ0n) is 6.87. The quantitative estimate of drug-likeness (QED) is 0.483. The molecule has 62 valence electrons. The SMILES string of the molecule is CN1C=Cc2ccccc2C1Br. The standard InChI is InChI=1S/C10H10BrN/c1-12-7-6-8-4-2-3-5-9(8)10(12)11/h2-7,10H,1H3. The van der Waals surface area contributed by atoms with Gasteiger partial charge in [0.15, 0.2) is 0 Å². The molecule has 2 rings (SSSR count). The Morgan fingerprint density at radius 2 is 2.08 bits per heavy atom. The molecule has 1 aliphatic rings. The molecule has 0 bridgehead atoms. The Bertz CT molecular complexity index is 319. The van der Waals surface area contributed by atoms with Crippen molar-refractivity contribution < 1.29 is 0 Å². The minimum Gasteiger partial charge on any atom is -0.364 e. The van der Waals surface area contributed by atoms with E-state index in [1.807, 2.05) is 0 Å². The van der Waals surface area contributed by atoms with Crippen molar-refractivity contribution in [3.8, 4) is 0 Å². The summed E-state index contributed by atoms with van der Waals surface area (Å²) in [6.07, 6.45) is 4.22. The summed E-state index contributed by atoms with van der Waals surface area (Å²) in [4.78, 5) is 2.46. The normalized spacial score (nSPS) is 20.8. The molecule has 0 amide bonds. The highest BCUT2D eigenvalue weighted by Crippen LogP contribution is 2.32. The molecular formula is C10H10BrN. The molecule has 1 nitrogen and oxygen atoms in total. The maximum absolute atomic E-state index is 3.63. The van der Waals surface area contributed by atoms with Gasteiger partial charge in [0, 0.05) is 13.2 Å². The highest BCUT2D eigenvalue weighted by atomic mass is 79.9. The van der Waals surface area contributed by atoms with Crippen LogP contribution in [-0.2, 0) is 0 Å². The number of hydrogen-bond acceptors (Lipinski definition) is 1. The second-order valence-corrected chi connectivity index (χ2v) is 3.81. The monoisotopic (exact) mass is 223 g/mol. The zero-order valence-corrected chi connectivity index (χ0v) is 8.45. The van der Waals surface area contributed by atoms with Gasteiger partial charge in [-0.15, -0.1) is 0 Å². The van der Waals surface area contributed by atoms with Crippen molar-refractivity contribution in [3.05, 3.63) is 41.6 Å². The molecule has 1 aromatic carbocycles. The van der Waals surface area contributed by atoms with Gasteiger partial charge < -0.3 is 4.90 Å². The Morgan fingerprint density at radius 1 is 1.33 bits per heavy atom. The van der Waals surface area contributed by atoms with E-state index in [-0.39, 0.29) is 0 Å². The van der Waals surface area contributed by atoms with Crippen LogP contribution in [-0.4, -0.2) is 11.9 Å². The van der Waals surface area contributed by atoms with Crippen LogP contribution in [0.4, 0.5) is 0 Å². The number of fused-ring (bicyclic) bond motifs is 1. The Morgan fingerprint density at radius 3 is 2.92 bits per heavy atom. The largest absolute Gasteiger partial charge is 0.364 e. The van der Waals surface area contributed by atoms with Gasteiger partial charge in [-0.2, -0.15) is 0 Å². The highest BCUT2D eigenvalue weighted by Gasteiger charge is 2.16. The van der Waals surface area contributed by atoms with E-state index in [2.05, 4.69) is 64.4 Å². The van der Waals surface area contributed by atoms with Gasteiger partial charge in [0.05, 0.1) is 0 Å². The first-order chi connectivity index (χ1) is 5.79. The van der Waals surface area contributed by atoms with Gasteiger partial charge in [0.25, 0.3) is 0 Å². The molecule has 1 aliphatic heterocycles. The number of nitrogens with zero attached hydrogens (tertiary/aromatic N) is 1. The molecule has 0 fully saturated rings. The maximum Gasteiger partial charge on any atom is 0.110 e. The molecular weight excluding hydrogens is 214 g/mol. The molecule has 0 aliphatic carbocycles. The van der Waals surface area contributed by atoms with Crippen molar-refractivity contribution in [2.24, 2.45) is 0 Å². The van der Waals surface area contributed by atoms with Crippen molar-refractivity contribution >= 4 is 22.0 Å². The number of benzene rings is 1. The lowest BCUT2D eigenvalue weighted by atomic mass is 10.1. The minimum absolute atomic E-state index is 0.318. The average molecular weight is 224 g/mol. The van der Waals surface area contributed by atoms with E-state index in [4.69, 9.17) is 0 Å². The summed E-state index contributed by atoms with van der Waals surface area (Å²) in [5.41, 5.74) is 2.64. The van der Waals surface area contributed by atoms with Crippen LogP contribution in [0.3, 0.4) is 0 Å². The lowest BCUT2D eigenvalue weighted by Gasteiger charge is -2.26. The van der Waals surface area contributed by atoms with E-state index < -0.39 is 0 Å². The Balaban J connectivity index is 2.52. The van der Waals surface area contributed by atoms with Crippen LogP contribution in [0.15, 0.2) is 30.5 Å².